The summed E-state index contributed by atoms with van der Waals surface area (Å²) in [5, 5.41) is 14.8. The molecule has 0 spiro atoms. The van der Waals surface area contributed by atoms with Crippen LogP contribution in [0.4, 0.5) is 5.13 Å². The number of pyridine rings is 1. The minimum absolute atomic E-state index is 0.0406. The Morgan fingerprint density at radius 1 is 1.00 bits per heavy atom. The van der Waals surface area contributed by atoms with Crippen LogP contribution in [0, 0.1) is 0 Å². The van der Waals surface area contributed by atoms with Gasteiger partial charge in [-0.05, 0) is 61.6 Å². The molecule has 0 radical (unpaired) electrons. The van der Waals surface area contributed by atoms with E-state index in [9.17, 15) is 9.90 Å². The third-order valence-electron chi connectivity index (χ3n) is 5.37. The van der Waals surface area contributed by atoms with Gasteiger partial charge in [-0.2, -0.15) is 5.10 Å². The average Bonchev–Trinajstić information content (AvgIpc) is 3.11. The van der Waals surface area contributed by atoms with Crippen LogP contribution in [0.5, 0.6) is 0 Å². The normalized spacial score (nSPS) is 14.9. The highest BCUT2D eigenvalue weighted by atomic mass is 32.1. The second-order valence-electron chi connectivity index (χ2n) is 7.45. The minimum atomic E-state index is -1.03. The van der Waals surface area contributed by atoms with Gasteiger partial charge in [-0.15, -0.1) is 0 Å². The van der Waals surface area contributed by atoms with Gasteiger partial charge >= 0.3 is 5.97 Å². The van der Waals surface area contributed by atoms with Gasteiger partial charge in [0.1, 0.15) is 5.69 Å². The monoisotopic (exact) mass is 428 g/mol. The van der Waals surface area contributed by atoms with Crippen molar-refractivity contribution in [2.45, 2.75) is 25.7 Å². The molecule has 0 saturated heterocycles. The van der Waals surface area contributed by atoms with Crippen molar-refractivity contribution < 1.29 is 9.90 Å². The van der Waals surface area contributed by atoms with Crippen LogP contribution >= 0.6 is 11.3 Å². The summed E-state index contributed by atoms with van der Waals surface area (Å²) in [6.45, 7) is 0. The van der Waals surface area contributed by atoms with Crippen molar-refractivity contribution in [3.63, 3.8) is 0 Å². The smallest absolute Gasteiger partial charge is 0.354 e. The third-order valence-corrected chi connectivity index (χ3v) is 6.32. The molecule has 2 N–H and O–H groups in total. The van der Waals surface area contributed by atoms with Crippen LogP contribution in [0.1, 0.15) is 40.9 Å². The summed E-state index contributed by atoms with van der Waals surface area (Å²) in [6.07, 6.45) is 4.05. The number of thiazole rings is 1. The summed E-state index contributed by atoms with van der Waals surface area (Å²) in [4.78, 5) is 20.2. The molecule has 0 fully saturated rings. The minimum Gasteiger partial charge on any atom is -0.477 e. The van der Waals surface area contributed by atoms with Crippen molar-refractivity contribution in [2.75, 3.05) is 5.43 Å². The molecule has 0 atom stereocenters. The maximum absolute atomic E-state index is 11.3. The number of aromatic nitrogens is 2. The van der Waals surface area contributed by atoms with Crippen molar-refractivity contribution in [1.82, 2.24) is 9.97 Å². The van der Waals surface area contributed by atoms with Gasteiger partial charge < -0.3 is 5.11 Å². The first kappa shape index (κ1) is 19.4. The number of nitrogens with one attached hydrogen (secondary N) is 1. The molecular weight excluding hydrogens is 408 g/mol. The number of anilines is 1. The standard InChI is InChI=1S/C24H20N4O2S/c29-23(30)21-10-5-9-18(25-21)16-13-12-15-6-1-2-7-19(17(15)14-16)27-28-24-26-20-8-3-4-11-22(20)31-24/h3-5,8-14H,1-2,6-7H2,(H,26,28)(H,29,30)/b27-19+. The number of para-hydroxylation sites is 1. The topological polar surface area (TPSA) is 87.5 Å². The first-order chi connectivity index (χ1) is 15.2. The number of rotatable bonds is 4. The Morgan fingerprint density at radius 3 is 2.74 bits per heavy atom. The number of hydrogen-bond acceptors (Lipinski definition) is 6. The second kappa shape index (κ2) is 8.28. The Balaban J connectivity index is 1.50. The van der Waals surface area contributed by atoms with E-state index >= 15 is 0 Å². The summed E-state index contributed by atoms with van der Waals surface area (Å²) in [6, 6.07) is 19.3. The molecule has 0 unspecified atom stereocenters. The largest absolute Gasteiger partial charge is 0.477 e. The lowest BCUT2D eigenvalue weighted by Gasteiger charge is -2.11. The van der Waals surface area contributed by atoms with Crippen molar-refractivity contribution in [3.8, 4) is 11.3 Å². The zero-order chi connectivity index (χ0) is 21.2. The highest BCUT2D eigenvalue weighted by molar-refractivity contribution is 7.22. The van der Waals surface area contributed by atoms with E-state index in [-0.39, 0.29) is 5.69 Å². The zero-order valence-electron chi connectivity index (χ0n) is 16.7. The summed E-state index contributed by atoms with van der Waals surface area (Å²) in [5.41, 5.74) is 9.02. The molecule has 1 aliphatic rings. The third kappa shape index (κ3) is 4.04. The van der Waals surface area contributed by atoms with Crippen LogP contribution in [-0.4, -0.2) is 26.8 Å². The van der Waals surface area contributed by atoms with Crippen LogP contribution < -0.4 is 5.43 Å². The molecule has 2 aromatic heterocycles. The van der Waals surface area contributed by atoms with Crippen molar-refractivity contribution in [2.24, 2.45) is 5.10 Å². The van der Waals surface area contributed by atoms with Gasteiger partial charge in [-0.25, -0.2) is 14.8 Å². The molecular formula is C24H20N4O2S. The van der Waals surface area contributed by atoms with E-state index in [1.165, 1.54) is 11.6 Å². The van der Waals surface area contributed by atoms with E-state index < -0.39 is 5.97 Å². The van der Waals surface area contributed by atoms with E-state index in [4.69, 9.17) is 5.10 Å². The molecule has 31 heavy (non-hydrogen) atoms. The maximum atomic E-state index is 11.3. The lowest BCUT2D eigenvalue weighted by atomic mass is 9.97. The fourth-order valence-corrected chi connectivity index (χ4v) is 4.64. The Hall–Kier alpha value is -3.58. The van der Waals surface area contributed by atoms with E-state index in [2.05, 4.69) is 33.6 Å². The SMILES string of the molecule is O=C(O)c1cccc(-c2ccc3c(c2)/C(=N/Nc2nc4ccccc4s2)CCCC3)n1. The van der Waals surface area contributed by atoms with Crippen LogP contribution in [0.3, 0.4) is 0 Å². The van der Waals surface area contributed by atoms with Gasteiger partial charge in [0, 0.05) is 11.1 Å². The molecule has 2 aromatic carbocycles. The van der Waals surface area contributed by atoms with Gasteiger partial charge in [-0.1, -0.05) is 41.7 Å². The van der Waals surface area contributed by atoms with Gasteiger partial charge in [0.05, 0.1) is 21.6 Å². The summed E-state index contributed by atoms with van der Waals surface area (Å²) in [5.74, 6) is -1.03. The molecule has 0 saturated carbocycles. The number of nitrogens with zero attached hydrogens (tertiary/aromatic N) is 3. The second-order valence-corrected chi connectivity index (χ2v) is 8.48. The van der Waals surface area contributed by atoms with Crippen LogP contribution in [0.15, 0.2) is 65.8 Å². The molecule has 0 amide bonds. The summed E-state index contributed by atoms with van der Waals surface area (Å²) < 4.78 is 1.12. The van der Waals surface area contributed by atoms with Crippen molar-refractivity contribution >= 4 is 38.4 Å². The average molecular weight is 429 g/mol. The molecule has 1 aliphatic carbocycles. The van der Waals surface area contributed by atoms with E-state index in [1.807, 2.05) is 30.3 Å². The van der Waals surface area contributed by atoms with Crippen molar-refractivity contribution in [3.05, 3.63) is 77.5 Å². The fourth-order valence-electron chi connectivity index (χ4n) is 3.83. The van der Waals surface area contributed by atoms with Gasteiger partial charge in [0.25, 0.3) is 0 Å². The molecule has 6 nitrogen and oxygen atoms in total. The summed E-state index contributed by atoms with van der Waals surface area (Å²) in [7, 11) is 0. The van der Waals surface area contributed by atoms with Gasteiger partial charge in [-0.3, -0.25) is 5.43 Å². The molecule has 154 valence electrons. The molecule has 0 aliphatic heterocycles. The Labute approximate surface area is 183 Å². The number of fused-ring (bicyclic) bond motifs is 2. The molecule has 5 rings (SSSR count). The van der Waals surface area contributed by atoms with Gasteiger partial charge in [0.2, 0.25) is 5.13 Å². The number of hydrazone groups is 1. The number of benzene rings is 2. The number of carboxylic acid groups (broad SMARTS) is 1. The predicted octanol–water partition coefficient (Wildman–Crippen LogP) is 5.60. The highest BCUT2D eigenvalue weighted by Crippen LogP contribution is 2.28. The van der Waals surface area contributed by atoms with E-state index in [0.29, 0.717) is 5.69 Å². The molecule has 4 aromatic rings. The Bertz CT molecular complexity index is 1280. The first-order valence-electron chi connectivity index (χ1n) is 10.2. The van der Waals surface area contributed by atoms with Crippen molar-refractivity contribution in [1.29, 1.82) is 0 Å². The lowest BCUT2D eigenvalue weighted by molar-refractivity contribution is 0.0690. The molecule has 2 heterocycles. The predicted molar refractivity (Wildman–Crippen MR) is 124 cm³/mol. The number of aromatic carboxylic acids is 1. The number of carbonyl (C=O) groups is 1. The van der Waals surface area contributed by atoms with Crippen LogP contribution in [0.2, 0.25) is 0 Å². The zero-order valence-corrected chi connectivity index (χ0v) is 17.5. The van der Waals surface area contributed by atoms with E-state index in [1.54, 1.807) is 17.4 Å². The lowest BCUT2D eigenvalue weighted by Crippen LogP contribution is -2.06. The quantitative estimate of drug-likeness (QED) is 0.326. The van der Waals surface area contributed by atoms with Gasteiger partial charge in [0.15, 0.2) is 0 Å². The van der Waals surface area contributed by atoms with Crippen LogP contribution in [-0.2, 0) is 6.42 Å². The highest BCUT2D eigenvalue weighted by Gasteiger charge is 2.16. The summed E-state index contributed by atoms with van der Waals surface area (Å²) >= 11 is 1.58. The number of aryl methyl sites for hydroxylation is 1. The number of carboxylic acids is 1. The Morgan fingerprint density at radius 2 is 1.87 bits per heavy atom. The fraction of sp³-hybridized carbons (Fsp3) is 0.167. The first-order valence-corrected chi connectivity index (χ1v) is 11.0. The van der Waals surface area contributed by atoms with E-state index in [0.717, 1.165) is 57.9 Å². The maximum Gasteiger partial charge on any atom is 0.354 e. The van der Waals surface area contributed by atoms with Crippen LogP contribution in [0.25, 0.3) is 21.5 Å². The molecule has 7 heteroatoms. The Kier molecular flexibility index (Phi) is 5.18. The number of hydrogen-bond donors (Lipinski definition) is 2. The molecule has 0 bridgehead atoms.